The number of H-pyrrole nitrogens is 1. The average molecular weight is 241 g/mol. The number of nitrogens with one attached hydrogen (secondary N) is 2. The molecular formula is C8H11N5O2S. The number of aromatic amines is 1. The molecule has 0 aliphatic heterocycles. The van der Waals surface area contributed by atoms with Crippen LogP contribution < -0.4 is 4.72 Å². The Labute approximate surface area is 92.5 Å². The van der Waals surface area contributed by atoms with Crippen LogP contribution in [-0.4, -0.2) is 28.4 Å². The number of aryl methyl sites for hydroxylation is 1. The first kappa shape index (κ1) is 10.8. The van der Waals surface area contributed by atoms with Gasteiger partial charge in [-0.2, -0.15) is 10.2 Å². The predicted octanol–water partition coefficient (Wildman–Crippen LogP) is -0.378. The van der Waals surface area contributed by atoms with Crippen LogP contribution >= 0.6 is 0 Å². The van der Waals surface area contributed by atoms with Gasteiger partial charge in [0.2, 0.25) is 10.0 Å². The van der Waals surface area contributed by atoms with E-state index in [1.807, 2.05) is 0 Å². The molecule has 2 N–H and O–H groups in total. The van der Waals surface area contributed by atoms with E-state index in [9.17, 15) is 8.42 Å². The highest BCUT2D eigenvalue weighted by Crippen LogP contribution is 2.06. The van der Waals surface area contributed by atoms with Crippen LogP contribution in [0.15, 0.2) is 29.7 Å². The summed E-state index contributed by atoms with van der Waals surface area (Å²) in [4.78, 5) is 0.151. The molecule has 0 atom stereocenters. The number of sulfonamides is 1. The summed E-state index contributed by atoms with van der Waals surface area (Å²) in [5, 5.41) is 10.1. The maximum absolute atomic E-state index is 11.7. The van der Waals surface area contributed by atoms with Crippen LogP contribution in [-0.2, 0) is 23.6 Å². The van der Waals surface area contributed by atoms with Gasteiger partial charge in [0.1, 0.15) is 4.90 Å². The van der Waals surface area contributed by atoms with Crippen LogP contribution in [0, 0.1) is 0 Å². The van der Waals surface area contributed by atoms with Gasteiger partial charge in [-0.1, -0.05) is 0 Å². The second-order valence-corrected chi connectivity index (χ2v) is 5.05. The van der Waals surface area contributed by atoms with Crippen molar-refractivity contribution in [2.45, 2.75) is 11.4 Å². The smallest absolute Gasteiger partial charge is 0.243 e. The van der Waals surface area contributed by atoms with Crippen molar-refractivity contribution in [1.29, 1.82) is 0 Å². The molecule has 0 saturated carbocycles. The largest absolute Gasteiger partial charge is 0.285 e. The molecule has 0 aromatic carbocycles. The normalized spacial score (nSPS) is 11.8. The van der Waals surface area contributed by atoms with Gasteiger partial charge >= 0.3 is 0 Å². The second-order valence-electron chi connectivity index (χ2n) is 3.28. The van der Waals surface area contributed by atoms with E-state index in [0.717, 1.165) is 5.56 Å². The highest BCUT2D eigenvalue weighted by Gasteiger charge is 2.15. The number of aromatic nitrogens is 4. The summed E-state index contributed by atoms with van der Waals surface area (Å²) in [5.41, 5.74) is 0.771. The molecule has 0 fully saturated rings. The van der Waals surface area contributed by atoms with Crippen molar-refractivity contribution < 1.29 is 8.42 Å². The Kier molecular flexibility index (Phi) is 2.75. The summed E-state index contributed by atoms with van der Waals surface area (Å²) < 4.78 is 27.4. The van der Waals surface area contributed by atoms with E-state index < -0.39 is 10.0 Å². The molecule has 0 aliphatic rings. The summed E-state index contributed by atoms with van der Waals surface area (Å²) in [6.45, 7) is 0.202. The van der Waals surface area contributed by atoms with Crippen LogP contribution in [0.5, 0.6) is 0 Å². The molecule has 0 bridgehead atoms. The molecular weight excluding hydrogens is 230 g/mol. The predicted molar refractivity (Wildman–Crippen MR) is 55.8 cm³/mol. The van der Waals surface area contributed by atoms with Crippen LogP contribution in [0.4, 0.5) is 0 Å². The molecule has 2 heterocycles. The highest BCUT2D eigenvalue weighted by atomic mass is 32.2. The fourth-order valence-corrected chi connectivity index (χ4v) is 2.17. The lowest BCUT2D eigenvalue weighted by Gasteiger charge is -2.01. The van der Waals surface area contributed by atoms with E-state index in [1.54, 1.807) is 19.4 Å². The third kappa shape index (κ3) is 2.28. The van der Waals surface area contributed by atoms with Gasteiger partial charge in [0.15, 0.2) is 0 Å². The minimum absolute atomic E-state index is 0.151. The summed E-state index contributed by atoms with van der Waals surface area (Å²) in [6, 6.07) is 0. The van der Waals surface area contributed by atoms with Gasteiger partial charge in [0.05, 0.1) is 12.4 Å². The van der Waals surface area contributed by atoms with Gasteiger partial charge in [0.25, 0.3) is 0 Å². The number of rotatable bonds is 4. The molecule has 8 heteroatoms. The van der Waals surface area contributed by atoms with Gasteiger partial charge in [-0.15, -0.1) is 0 Å². The van der Waals surface area contributed by atoms with E-state index in [-0.39, 0.29) is 11.4 Å². The van der Waals surface area contributed by atoms with Crippen molar-refractivity contribution >= 4 is 10.0 Å². The minimum Gasteiger partial charge on any atom is -0.285 e. The Morgan fingerprint density at radius 3 is 2.88 bits per heavy atom. The maximum Gasteiger partial charge on any atom is 0.243 e. The summed E-state index contributed by atoms with van der Waals surface area (Å²) in [7, 11) is -1.83. The molecule has 2 rings (SSSR count). The Balaban J connectivity index is 2.09. The second kappa shape index (κ2) is 4.06. The van der Waals surface area contributed by atoms with Gasteiger partial charge < -0.3 is 0 Å². The molecule has 86 valence electrons. The molecule has 0 unspecified atom stereocenters. The van der Waals surface area contributed by atoms with Crippen LogP contribution in [0.25, 0.3) is 0 Å². The lowest BCUT2D eigenvalue weighted by Crippen LogP contribution is -2.22. The molecule has 0 aliphatic carbocycles. The lowest BCUT2D eigenvalue weighted by atomic mass is 10.4. The van der Waals surface area contributed by atoms with Crippen molar-refractivity contribution in [1.82, 2.24) is 24.7 Å². The van der Waals surface area contributed by atoms with Crippen LogP contribution in [0.2, 0.25) is 0 Å². The van der Waals surface area contributed by atoms with Crippen molar-refractivity contribution in [3.05, 3.63) is 30.4 Å². The molecule has 2 aromatic rings. The lowest BCUT2D eigenvalue weighted by molar-refractivity contribution is 0.581. The van der Waals surface area contributed by atoms with Crippen molar-refractivity contribution in [3.63, 3.8) is 0 Å². The monoisotopic (exact) mass is 241 g/mol. The molecule has 0 spiro atoms. The zero-order valence-corrected chi connectivity index (χ0v) is 9.40. The topological polar surface area (TPSA) is 92.7 Å². The van der Waals surface area contributed by atoms with E-state index in [0.29, 0.717) is 0 Å². The minimum atomic E-state index is -3.49. The maximum atomic E-state index is 11.7. The van der Waals surface area contributed by atoms with Crippen molar-refractivity contribution in [2.24, 2.45) is 7.05 Å². The summed E-state index contributed by atoms with van der Waals surface area (Å²) in [5.74, 6) is 0. The van der Waals surface area contributed by atoms with Crippen LogP contribution in [0.1, 0.15) is 5.56 Å². The van der Waals surface area contributed by atoms with Crippen molar-refractivity contribution in [2.75, 3.05) is 0 Å². The Morgan fingerprint density at radius 2 is 2.31 bits per heavy atom. The van der Waals surface area contributed by atoms with Crippen LogP contribution in [0.3, 0.4) is 0 Å². The fraction of sp³-hybridized carbons (Fsp3) is 0.250. The zero-order chi connectivity index (χ0) is 11.6. The summed E-state index contributed by atoms with van der Waals surface area (Å²) >= 11 is 0. The number of nitrogens with zero attached hydrogens (tertiary/aromatic N) is 3. The number of hydrogen-bond acceptors (Lipinski definition) is 4. The van der Waals surface area contributed by atoms with Gasteiger partial charge in [0, 0.05) is 31.5 Å². The van der Waals surface area contributed by atoms with E-state index >= 15 is 0 Å². The Bertz CT molecular complexity index is 557. The molecule has 0 radical (unpaired) electrons. The zero-order valence-electron chi connectivity index (χ0n) is 8.58. The average Bonchev–Trinajstić information content (AvgIpc) is 2.85. The molecule has 0 saturated heterocycles. The summed E-state index contributed by atoms with van der Waals surface area (Å²) in [6.07, 6.45) is 5.94. The first-order chi connectivity index (χ1) is 7.58. The van der Waals surface area contributed by atoms with E-state index in [1.165, 1.54) is 17.1 Å². The highest BCUT2D eigenvalue weighted by molar-refractivity contribution is 7.89. The Morgan fingerprint density at radius 1 is 1.50 bits per heavy atom. The SMILES string of the molecule is Cn1cc(S(=O)(=O)NCc2cn[nH]c2)cn1. The molecule has 7 nitrogen and oxygen atoms in total. The first-order valence-corrected chi connectivity index (χ1v) is 6.02. The third-order valence-electron chi connectivity index (χ3n) is 2.01. The van der Waals surface area contributed by atoms with Gasteiger partial charge in [-0.25, -0.2) is 13.1 Å². The first-order valence-electron chi connectivity index (χ1n) is 4.54. The van der Waals surface area contributed by atoms with Gasteiger partial charge in [-0.05, 0) is 0 Å². The van der Waals surface area contributed by atoms with E-state index in [2.05, 4.69) is 20.0 Å². The standard InChI is InChI=1S/C8H11N5O2S/c1-13-6-8(5-11-13)16(14,15)12-4-7-2-9-10-3-7/h2-3,5-6,12H,4H2,1H3,(H,9,10). The fourth-order valence-electron chi connectivity index (χ4n) is 1.17. The quantitative estimate of drug-likeness (QED) is 0.763. The molecule has 0 amide bonds. The molecule has 2 aromatic heterocycles. The number of hydrogen-bond donors (Lipinski definition) is 2. The van der Waals surface area contributed by atoms with Crippen molar-refractivity contribution in [3.8, 4) is 0 Å². The third-order valence-corrected chi connectivity index (χ3v) is 3.37. The van der Waals surface area contributed by atoms with Gasteiger partial charge in [-0.3, -0.25) is 9.78 Å². The Hall–Kier alpha value is -1.67. The molecule has 16 heavy (non-hydrogen) atoms. The van der Waals surface area contributed by atoms with E-state index in [4.69, 9.17) is 0 Å².